The highest BCUT2D eigenvalue weighted by molar-refractivity contribution is 7.89. The molecule has 0 aromatic carbocycles. The van der Waals surface area contributed by atoms with Crippen molar-refractivity contribution in [2.24, 2.45) is 13.0 Å². The van der Waals surface area contributed by atoms with Crippen LogP contribution in [0.15, 0.2) is 29.4 Å². The number of aromatic nitrogens is 3. The second-order valence-corrected chi connectivity index (χ2v) is 9.07. The zero-order valence-corrected chi connectivity index (χ0v) is 16.7. The van der Waals surface area contributed by atoms with E-state index in [4.69, 9.17) is 0 Å². The number of hydrogen-bond acceptors (Lipinski definition) is 5. The molecule has 1 atom stereocenters. The maximum Gasteiger partial charge on any atom is 0.246 e. The lowest BCUT2D eigenvalue weighted by Crippen LogP contribution is -2.32. The van der Waals surface area contributed by atoms with E-state index in [1.54, 1.807) is 29.2 Å². The molecule has 0 bridgehead atoms. The van der Waals surface area contributed by atoms with Crippen LogP contribution >= 0.6 is 0 Å². The Morgan fingerprint density at radius 1 is 1.35 bits per heavy atom. The first kappa shape index (κ1) is 19.0. The third-order valence-corrected chi connectivity index (χ3v) is 7.15. The molecule has 8 heteroatoms. The summed E-state index contributed by atoms with van der Waals surface area (Å²) < 4.78 is 29.4. The molecule has 2 aromatic heterocycles. The maximum atomic E-state index is 13.1. The van der Waals surface area contributed by atoms with Gasteiger partial charge in [0.15, 0.2) is 0 Å². The van der Waals surface area contributed by atoms with Crippen LogP contribution in [-0.4, -0.2) is 59.1 Å². The van der Waals surface area contributed by atoms with Gasteiger partial charge in [-0.05, 0) is 44.9 Å². The molecular weight excluding hydrogens is 350 g/mol. The van der Waals surface area contributed by atoms with Crippen LogP contribution in [-0.2, 0) is 23.6 Å². The summed E-state index contributed by atoms with van der Waals surface area (Å²) in [7, 11) is 0.363. The van der Waals surface area contributed by atoms with Crippen LogP contribution in [0.3, 0.4) is 0 Å². The fourth-order valence-electron chi connectivity index (χ4n) is 3.73. The van der Waals surface area contributed by atoms with Crippen molar-refractivity contribution in [1.29, 1.82) is 0 Å². The van der Waals surface area contributed by atoms with Crippen molar-refractivity contribution in [1.82, 2.24) is 24.0 Å². The Hall–Kier alpha value is -1.77. The van der Waals surface area contributed by atoms with Crippen molar-refractivity contribution in [3.05, 3.63) is 41.5 Å². The third kappa shape index (κ3) is 3.82. The number of hydrogen-bond donors (Lipinski definition) is 0. The Morgan fingerprint density at radius 3 is 2.73 bits per heavy atom. The summed E-state index contributed by atoms with van der Waals surface area (Å²) >= 11 is 0. The molecule has 2 aromatic rings. The normalized spacial score (nSPS) is 18.7. The van der Waals surface area contributed by atoms with Crippen molar-refractivity contribution in [3.63, 3.8) is 0 Å². The smallest absolute Gasteiger partial charge is 0.246 e. The molecule has 0 saturated carbocycles. The van der Waals surface area contributed by atoms with Crippen molar-refractivity contribution in [2.75, 3.05) is 26.7 Å². The second-order valence-electron chi connectivity index (χ2n) is 7.20. The summed E-state index contributed by atoms with van der Waals surface area (Å²) in [6.45, 7) is 6.38. The minimum Gasteiger partial charge on any atom is -0.302 e. The molecule has 0 aliphatic carbocycles. The molecule has 1 fully saturated rings. The molecule has 0 amide bonds. The van der Waals surface area contributed by atoms with Crippen LogP contribution in [0.5, 0.6) is 0 Å². The summed E-state index contributed by atoms with van der Waals surface area (Å²) in [6, 6.07) is 3.99. The summed E-state index contributed by atoms with van der Waals surface area (Å²) in [5.74, 6) is 0.337. The minimum absolute atomic E-state index is 0.337. The van der Waals surface area contributed by atoms with Gasteiger partial charge in [-0.3, -0.25) is 9.67 Å². The Morgan fingerprint density at radius 2 is 2.12 bits per heavy atom. The number of aryl methyl sites for hydroxylation is 2. The van der Waals surface area contributed by atoms with E-state index in [9.17, 15) is 8.42 Å². The maximum absolute atomic E-state index is 13.1. The highest BCUT2D eigenvalue weighted by atomic mass is 32.2. The van der Waals surface area contributed by atoms with Gasteiger partial charge in [0.1, 0.15) is 4.90 Å². The quantitative estimate of drug-likeness (QED) is 0.764. The lowest BCUT2D eigenvalue weighted by molar-refractivity contribution is 0.273. The molecule has 142 valence electrons. The third-order valence-electron chi connectivity index (χ3n) is 5.03. The zero-order valence-electron chi connectivity index (χ0n) is 15.9. The Labute approximate surface area is 155 Å². The Kier molecular flexibility index (Phi) is 5.45. The molecule has 3 heterocycles. The highest BCUT2D eigenvalue weighted by Gasteiger charge is 2.36. The molecule has 7 nitrogen and oxygen atoms in total. The van der Waals surface area contributed by atoms with E-state index < -0.39 is 10.0 Å². The van der Waals surface area contributed by atoms with Gasteiger partial charge in [-0.15, -0.1) is 0 Å². The van der Waals surface area contributed by atoms with E-state index in [-0.39, 0.29) is 0 Å². The van der Waals surface area contributed by atoms with Gasteiger partial charge in [0.25, 0.3) is 0 Å². The summed E-state index contributed by atoms with van der Waals surface area (Å²) in [5, 5.41) is 4.26. The fourth-order valence-corrected chi connectivity index (χ4v) is 5.66. The number of nitrogens with zero attached hydrogens (tertiary/aromatic N) is 5. The van der Waals surface area contributed by atoms with Crippen molar-refractivity contribution in [3.8, 4) is 0 Å². The predicted octanol–water partition coefficient (Wildman–Crippen LogP) is 1.57. The van der Waals surface area contributed by atoms with Gasteiger partial charge in [-0.1, -0.05) is 6.07 Å². The summed E-state index contributed by atoms with van der Waals surface area (Å²) in [6.07, 6.45) is 4.52. The molecule has 0 N–H and O–H groups in total. The monoisotopic (exact) mass is 377 g/mol. The lowest BCUT2D eigenvalue weighted by atomic mass is 10.1. The van der Waals surface area contributed by atoms with Crippen LogP contribution in [0.1, 0.15) is 23.4 Å². The van der Waals surface area contributed by atoms with Gasteiger partial charge < -0.3 is 4.90 Å². The first-order chi connectivity index (χ1) is 12.3. The molecule has 1 saturated heterocycles. The van der Waals surface area contributed by atoms with Crippen molar-refractivity contribution in [2.45, 2.75) is 31.7 Å². The van der Waals surface area contributed by atoms with E-state index in [1.165, 1.54) is 5.56 Å². The Bertz CT molecular complexity index is 863. The molecular formula is C18H27N5O2S. The SMILES string of the molecule is Cc1nn(C)c(C)c1S(=O)(=O)N1CCC(CN(C)Cc2cccnc2)C1. The van der Waals surface area contributed by atoms with E-state index >= 15 is 0 Å². The van der Waals surface area contributed by atoms with Crippen LogP contribution in [0.2, 0.25) is 0 Å². The molecule has 1 aliphatic heterocycles. The van der Waals surface area contributed by atoms with E-state index in [0.29, 0.717) is 35.3 Å². The van der Waals surface area contributed by atoms with Crippen molar-refractivity contribution >= 4 is 10.0 Å². The zero-order chi connectivity index (χ0) is 18.9. The average molecular weight is 378 g/mol. The predicted molar refractivity (Wildman–Crippen MR) is 100 cm³/mol. The van der Waals surface area contributed by atoms with Crippen LogP contribution in [0.4, 0.5) is 0 Å². The van der Waals surface area contributed by atoms with Crippen molar-refractivity contribution < 1.29 is 8.42 Å². The van der Waals surface area contributed by atoms with E-state index in [0.717, 1.165) is 19.5 Å². The first-order valence-electron chi connectivity index (χ1n) is 8.87. The molecule has 26 heavy (non-hydrogen) atoms. The summed E-state index contributed by atoms with van der Waals surface area (Å²) in [5.41, 5.74) is 2.43. The van der Waals surface area contributed by atoms with Gasteiger partial charge in [0.2, 0.25) is 10.0 Å². The van der Waals surface area contributed by atoms with Crippen LogP contribution in [0, 0.1) is 19.8 Å². The minimum atomic E-state index is -3.49. The van der Waals surface area contributed by atoms with Gasteiger partial charge in [-0.25, -0.2) is 8.42 Å². The first-order valence-corrected chi connectivity index (χ1v) is 10.3. The second kappa shape index (κ2) is 7.46. The highest BCUT2D eigenvalue weighted by Crippen LogP contribution is 2.28. The van der Waals surface area contributed by atoms with E-state index in [2.05, 4.69) is 28.1 Å². The lowest BCUT2D eigenvalue weighted by Gasteiger charge is -2.21. The van der Waals surface area contributed by atoms with Gasteiger partial charge in [0.05, 0.1) is 11.4 Å². The Balaban J connectivity index is 1.64. The fraction of sp³-hybridized carbons (Fsp3) is 0.556. The van der Waals surface area contributed by atoms with Gasteiger partial charge >= 0.3 is 0 Å². The number of sulfonamides is 1. The number of rotatable bonds is 6. The number of pyridine rings is 1. The standard InChI is InChI=1S/C18H27N5O2S/c1-14-18(15(2)22(4)20-14)26(24,25)23-9-7-17(13-23)12-21(3)11-16-6-5-8-19-10-16/h5-6,8,10,17H,7,9,11-13H2,1-4H3. The largest absolute Gasteiger partial charge is 0.302 e. The molecule has 1 aliphatic rings. The van der Waals surface area contributed by atoms with Gasteiger partial charge in [-0.2, -0.15) is 9.40 Å². The summed E-state index contributed by atoms with van der Waals surface area (Å²) in [4.78, 5) is 6.74. The molecule has 0 spiro atoms. The molecule has 0 radical (unpaired) electrons. The molecule has 3 rings (SSSR count). The van der Waals surface area contributed by atoms with Crippen LogP contribution in [0.25, 0.3) is 0 Å². The topological polar surface area (TPSA) is 71.3 Å². The average Bonchev–Trinajstić information content (AvgIpc) is 3.14. The van der Waals surface area contributed by atoms with E-state index in [1.807, 2.05) is 19.2 Å². The van der Waals surface area contributed by atoms with Crippen LogP contribution < -0.4 is 0 Å². The van der Waals surface area contributed by atoms with Gasteiger partial charge in [0, 0.05) is 45.6 Å². The molecule has 1 unspecified atom stereocenters.